The number of halogens is 1. The fraction of sp³-hybridized carbons (Fsp3) is 0.235. The molecule has 8 heteroatoms. The molecule has 3 aromatic rings. The minimum atomic E-state index is -0.378. The monoisotopic (exact) mass is 359 g/mol. The Balaban J connectivity index is 1.70. The summed E-state index contributed by atoms with van der Waals surface area (Å²) in [7, 11) is 1.80. The topological polar surface area (TPSA) is 85.0 Å². The van der Waals surface area contributed by atoms with Gasteiger partial charge in [0.05, 0.1) is 28.3 Å². The average Bonchev–Trinajstić information content (AvgIpc) is 3.05. The summed E-state index contributed by atoms with van der Waals surface area (Å²) in [5.41, 5.74) is 2.41. The van der Waals surface area contributed by atoms with Crippen LogP contribution in [-0.4, -0.2) is 24.7 Å². The van der Waals surface area contributed by atoms with Gasteiger partial charge in [-0.05, 0) is 19.1 Å². The molecule has 7 nitrogen and oxygen atoms in total. The second kappa shape index (κ2) is 7.08. The maximum Gasteiger partial charge on any atom is 0.223 e. The summed E-state index contributed by atoms with van der Waals surface area (Å²) in [6.45, 7) is 2.59. The Labute approximate surface area is 149 Å². The number of nitrogens with one attached hydrogen (secondary N) is 1. The van der Waals surface area contributed by atoms with Gasteiger partial charge in [0.2, 0.25) is 5.43 Å². The lowest BCUT2D eigenvalue weighted by Gasteiger charge is -2.13. The molecular formula is C17H18ClN5O2. The highest BCUT2D eigenvalue weighted by Gasteiger charge is 2.11. The highest BCUT2D eigenvalue weighted by Crippen LogP contribution is 2.18. The van der Waals surface area contributed by atoms with Crippen molar-refractivity contribution in [1.29, 1.82) is 0 Å². The Kier molecular flexibility index (Phi) is 4.87. The van der Waals surface area contributed by atoms with E-state index in [1.165, 1.54) is 6.07 Å². The van der Waals surface area contributed by atoms with Crippen LogP contribution in [0.15, 0.2) is 41.3 Å². The van der Waals surface area contributed by atoms with Crippen molar-refractivity contribution in [2.45, 2.75) is 20.0 Å². The quantitative estimate of drug-likeness (QED) is 0.727. The highest BCUT2D eigenvalue weighted by molar-refractivity contribution is 6.32. The third-order valence-electron chi connectivity index (χ3n) is 4.02. The van der Waals surface area contributed by atoms with E-state index in [9.17, 15) is 9.90 Å². The number of rotatable bonds is 5. The van der Waals surface area contributed by atoms with Crippen LogP contribution in [-0.2, 0) is 20.1 Å². The Bertz CT molecular complexity index is 964. The number of benzene rings is 1. The van der Waals surface area contributed by atoms with Crippen LogP contribution in [0.25, 0.3) is 5.69 Å². The molecule has 2 N–H and O–H groups in total. The van der Waals surface area contributed by atoms with E-state index in [2.05, 4.69) is 15.6 Å². The van der Waals surface area contributed by atoms with Crippen LogP contribution in [0.3, 0.4) is 0 Å². The van der Waals surface area contributed by atoms with Crippen LogP contribution in [0.4, 0.5) is 0 Å². The van der Waals surface area contributed by atoms with Crippen molar-refractivity contribution in [2.75, 3.05) is 0 Å². The number of aryl methyl sites for hydroxylation is 1. The van der Waals surface area contributed by atoms with E-state index in [4.69, 9.17) is 11.6 Å². The molecule has 0 unspecified atom stereocenters. The van der Waals surface area contributed by atoms with Crippen molar-refractivity contribution in [2.24, 2.45) is 7.05 Å². The van der Waals surface area contributed by atoms with Crippen molar-refractivity contribution in [3.63, 3.8) is 0 Å². The first-order valence-electron chi connectivity index (χ1n) is 7.72. The third kappa shape index (κ3) is 3.57. The van der Waals surface area contributed by atoms with Crippen molar-refractivity contribution in [1.82, 2.24) is 24.9 Å². The molecule has 0 aliphatic rings. The molecule has 1 aromatic carbocycles. The number of aromatic hydroxyl groups is 1. The van der Waals surface area contributed by atoms with Crippen LogP contribution in [0, 0.1) is 6.92 Å². The van der Waals surface area contributed by atoms with Gasteiger partial charge in [-0.2, -0.15) is 0 Å². The molecule has 2 heterocycles. The van der Waals surface area contributed by atoms with Crippen molar-refractivity contribution in [3.8, 4) is 11.4 Å². The first kappa shape index (κ1) is 17.2. The second-order valence-corrected chi connectivity index (χ2v) is 6.12. The lowest BCUT2D eigenvalue weighted by molar-refractivity contribution is 0.445. The molecule has 25 heavy (non-hydrogen) atoms. The Morgan fingerprint density at radius 3 is 2.80 bits per heavy atom. The van der Waals surface area contributed by atoms with Crippen LogP contribution in [0.2, 0.25) is 5.02 Å². The Morgan fingerprint density at radius 1 is 1.28 bits per heavy atom. The average molecular weight is 360 g/mol. The molecule has 0 aliphatic carbocycles. The lowest BCUT2D eigenvalue weighted by Crippen LogP contribution is -2.20. The van der Waals surface area contributed by atoms with Gasteiger partial charge >= 0.3 is 0 Å². The zero-order valence-corrected chi connectivity index (χ0v) is 14.7. The molecular weight excluding hydrogens is 342 g/mol. The summed E-state index contributed by atoms with van der Waals surface area (Å²) in [4.78, 5) is 11.7. The van der Waals surface area contributed by atoms with Gasteiger partial charge in [-0.1, -0.05) is 28.9 Å². The predicted molar refractivity (Wildman–Crippen MR) is 95.0 cm³/mol. The normalized spacial score (nSPS) is 11.0. The molecule has 3 rings (SSSR count). The standard InChI is InChI=1S/C17H18ClN5O2/c1-11-7-16(24)17(25)15(22(11)2)9-19-8-12-10-23(21-20-12)14-6-4-3-5-13(14)18/h3-7,10,19,25H,8-9H2,1-2H3. The van der Waals surface area contributed by atoms with E-state index < -0.39 is 0 Å². The summed E-state index contributed by atoms with van der Waals surface area (Å²) in [6, 6.07) is 8.78. The molecule has 2 aromatic heterocycles. The van der Waals surface area contributed by atoms with Crippen LogP contribution in [0.1, 0.15) is 17.1 Å². The summed E-state index contributed by atoms with van der Waals surface area (Å²) in [5, 5.41) is 21.9. The zero-order chi connectivity index (χ0) is 18.0. The molecule has 0 saturated carbocycles. The zero-order valence-electron chi connectivity index (χ0n) is 13.9. The van der Waals surface area contributed by atoms with Crippen molar-refractivity contribution < 1.29 is 5.11 Å². The molecule has 0 amide bonds. The van der Waals surface area contributed by atoms with Gasteiger partial charge in [0.1, 0.15) is 0 Å². The largest absolute Gasteiger partial charge is 0.503 e. The lowest BCUT2D eigenvalue weighted by atomic mass is 10.2. The number of pyridine rings is 1. The summed E-state index contributed by atoms with van der Waals surface area (Å²) in [5.74, 6) is -0.236. The molecule has 130 valence electrons. The number of para-hydroxylation sites is 1. The number of aromatic nitrogens is 4. The van der Waals surface area contributed by atoms with Gasteiger partial charge < -0.3 is 15.0 Å². The van der Waals surface area contributed by atoms with Gasteiger partial charge in [0, 0.05) is 31.9 Å². The molecule has 0 atom stereocenters. The SMILES string of the molecule is Cc1cc(=O)c(O)c(CNCc2cn(-c3ccccc3Cl)nn2)n1C. The molecule has 0 spiro atoms. The number of hydrogen-bond acceptors (Lipinski definition) is 5. The third-order valence-corrected chi connectivity index (χ3v) is 4.34. The van der Waals surface area contributed by atoms with Crippen molar-refractivity contribution in [3.05, 3.63) is 68.9 Å². The van der Waals surface area contributed by atoms with Gasteiger partial charge in [-0.25, -0.2) is 4.68 Å². The minimum Gasteiger partial charge on any atom is -0.503 e. The Hall–Kier alpha value is -2.64. The summed E-state index contributed by atoms with van der Waals surface area (Å²) < 4.78 is 3.39. The molecule has 0 radical (unpaired) electrons. The van der Waals surface area contributed by atoms with Gasteiger partial charge in [0.15, 0.2) is 5.75 Å². The fourth-order valence-electron chi connectivity index (χ4n) is 2.51. The molecule has 0 aliphatic heterocycles. The second-order valence-electron chi connectivity index (χ2n) is 5.71. The smallest absolute Gasteiger partial charge is 0.223 e. The summed E-state index contributed by atoms with van der Waals surface area (Å²) in [6.07, 6.45) is 1.78. The minimum absolute atomic E-state index is 0.236. The van der Waals surface area contributed by atoms with Crippen LogP contribution < -0.4 is 10.7 Å². The Morgan fingerprint density at radius 2 is 2.04 bits per heavy atom. The molecule has 0 bridgehead atoms. The van der Waals surface area contributed by atoms with E-state index in [0.29, 0.717) is 23.8 Å². The van der Waals surface area contributed by atoms with Gasteiger partial charge in [-0.3, -0.25) is 4.79 Å². The van der Waals surface area contributed by atoms with E-state index in [0.717, 1.165) is 17.1 Å². The number of hydrogen-bond donors (Lipinski definition) is 2. The van der Waals surface area contributed by atoms with E-state index in [1.807, 2.05) is 25.1 Å². The predicted octanol–water partition coefficient (Wildman–Crippen LogP) is 1.92. The van der Waals surface area contributed by atoms with Crippen LogP contribution in [0.5, 0.6) is 5.75 Å². The van der Waals surface area contributed by atoms with E-state index in [-0.39, 0.29) is 11.2 Å². The fourth-order valence-corrected chi connectivity index (χ4v) is 2.74. The summed E-state index contributed by atoms with van der Waals surface area (Å²) >= 11 is 6.15. The first-order valence-corrected chi connectivity index (χ1v) is 8.10. The first-order chi connectivity index (χ1) is 12.0. The maximum atomic E-state index is 11.7. The molecule has 0 fully saturated rings. The van der Waals surface area contributed by atoms with E-state index >= 15 is 0 Å². The van der Waals surface area contributed by atoms with Crippen LogP contribution >= 0.6 is 11.6 Å². The molecule has 0 saturated heterocycles. The highest BCUT2D eigenvalue weighted by atomic mass is 35.5. The maximum absolute atomic E-state index is 11.7. The van der Waals surface area contributed by atoms with Gasteiger partial charge in [-0.15, -0.1) is 5.10 Å². The van der Waals surface area contributed by atoms with E-state index in [1.54, 1.807) is 28.6 Å². The number of nitrogens with zero attached hydrogens (tertiary/aromatic N) is 4. The van der Waals surface area contributed by atoms with Crippen molar-refractivity contribution >= 4 is 11.6 Å². The van der Waals surface area contributed by atoms with Gasteiger partial charge in [0.25, 0.3) is 0 Å².